The molecule has 1 aromatic carbocycles. The largest absolute Gasteiger partial charge is 0.478 e. The predicted molar refractivity (Wildman–Crippen MR) is 58.4 cm³/mol. The molecule has 0 spiro atoms. The second kappa shape index (κ2) is 7.58. The molecule has 0 aliphatic heterocycles. The van der Waals surface area contributed by atoms with Crippen LogP contribution in [-0.2, 0) is 8.62 Å². The fourth-order valence-corrected chi connectivity index (χ4v) is 0.985. The molecule has 10 heteroatoms. The molecule has 1 rings (SSSR count). The van der Waals surface area contributed by atoms with E-state index >= 15 is 0 Å². The molecule has 1 N–H and O–H groups in total. The van der Waals surface area contributed by atoms with Crippen molar-refractivity contribution in [2.24, 2.45) is 0 Å². The van der Waals surface area contributed by atoms with Crippen LogP contribution in [0.1, 0.15) is 10.4 Å². The van der Waals surface area contributed by atoms with Gasteiger partial charge in [0.1, 0.15) is 5.56 Å². The zero-order chi connectivity index (χ0) is 16.0. The zero-order valence-corrected chi connectivity index (χ0v) is 10.8. The first-order valence-corrected chi connectivity index (χ1v) is 5.03. The molecule has 4 nitrogen and oxygen atoms in total. The first kappa shape index (κ1) is 18.0. The topological polar surface area (TPSA) is 63.6 Å². The standard InChI is InChI=1S/C7BrF5O2.C3H4O2/c8-15-7(14)1-2(9)4(11)6(13)5(12)3(1)10;1-2-3(4)5/h;2H,1H2,(H,4,5). The van der Waals surface area contributed by atoms with Crippen molar-refractivity contribution in [3.63, 3.8) is 0 Å². The van der Waals surface area contributed by atoms with Crippen molar-refractivity contribution in [1.82, 2.24) is 0 Å². The number of carbonyl (C=O) groups is 2. The third kappa shape index (κ3) is 4.02. The third-order valence-electron chi connectivity index (χ3n) is 1.66. The van der Waals surface area contributed by atoms with Crippen molar-refractivity contribution < 1.29 is 40.5 Å². The van der Waals surface area contributed by atoms with Gasteiger partial charge in [-0.3, -0.25) is 0 Å². The number of carbonyl (C=O) groups excluding carboxylic acids is 1. The van der Waals surface area contributed by atoms with Crippen LogP contribution in [0.15, 0.2) is 12.7 Å². The van der Waals surface area contributed by atoms with Gasteiger partial charge in [-0.15, -0.1) is 0 Å². The van der Waals surface area contributed by atoms with Crippen molar-refractivity contribution in [2.45, 2.75) is 0 Å². The lowest BCUT2D eigenvalue weighted by atomic mass is 10.1. The van der Waals surface area contributed by atoms with Crippen LogP contribution in [0.25, 0.3) is 0 Å². The van der Waals surface area contributed by atoms with Gasteiger partial charge >= 0.3 is 11.9 Å². The molecular formula is C10H4BrF5O4. The molecule has 110 valence electrons. The molecule has 0 aliphatic rings. The van der Waals surface area contributed by atoms with Gasteiger partial charge in [0, 0.05) is 6.08 Å². The third-order valence-corrected chi connectivity index (χ3v) is 1.95. The summed E-state index contributed by atoms with van der Waals surface area (Å²) in [5.74, 6) is -13.9. The Hall–Kier alpha value is -1.97. The average Bonchev–Trinajstić information content (AvgIpc) is 2.43. The summed E-state index contributed by atoms with van der Waals surface area (Å²) in [6.07, 6.45) is 0.833. The maximum atomic E-state index is 12.8. The number of carboxylic acids is 1. The fraction of sp³-hybridized carbons (Fsp3) is 0. The number of carboxylic acid groups (broad SMARTS) is 1. The van der Waals surface area contributed by atoms with E-state index in [-0.39, 0.29) is 0 Å². The molecule has 0 saturated heterocycles. The Labute approximate surface area is 116 Å². The lowest BCUT2D eigenvalue weighted by molar-refractivity contribution is -0.131. The number of benzene rings is 1. The SMILES string of the molecule is C=CC(=O)O.O=C(OBr)c1c(F)c(F)c(F)c(F)c1F. The van der Waals surface area contributed by atoms with Crippen LogP contribution in [-0.4, -0.2) is 17.0 Å². The minimum atomic E-state index is -2.34. The quantitative estimate of drug-likeness (QED) is 0.380. The van der Waals surface area contributed by atoms with Crippen molar-refractivity contribution >= 4 is 28.2 Å². The highest BCUT2D eigenvalue weighted by atomic mass is 79.9. The van der Waals surface area contributed by atoms with Crippen molar-refractivity contribution in [1.29, 1.82) is 0 Å². The van der Waals surface area contributed by atoms with E-state index in [1.807, 2.05) is 0 Å². The van der Waals surface area contributed by atoms with Crippen LogP contribution in [0.4, 0.5) is 22.0 Å². The highest BCUT2D eigenvalue weighted by Gasteiger charge is 2.30. The highest BCUT2D eigenvalue weighted by Crippen LogP contribution is 2.23. The number of rotatable bonds is 2. The number of halogens is 6. The van der Waals surface area contributed by atoms with E-state index in [0.717, 1.165) is 6.08 Å². The van der Waals surface area contributed by atoms with E-state index in [2.05, 4.69) is 26.7 Å². The van der Waals surface area contributed by atoms with E-state index in [1.165, 1.54) is 0 Å². The summed E-state index contributed by atoms with van der Waals surface area (Å²) in [5, 5.41) is 7.60. The summed E-state index contributed by atoms with van der Waals surface area (Å²) in [7, 11) is 0. The maximum absolute atomic E-state index is 12.8. The van der Waals surface area contributed by atoms with Crippen molar-refractivity contribution in [3.8, 4) is 0 Å². The molecule has 0 aliphatic carbocycles. The van der Waals surface area contributed by atoms with Gasteiger partial charge in [-0.2, -0.15) is 0 Å². The summed E-state index contributed by atoms with van der Waals surface area (Å²) in [4.78, 5) is 19.9. The predicted octanol–water partition coefficient (Wildman–Crippen LogP) is 3.11. The minimum Gasteiger partial charge on any atom is -0.478 e. The van der Waals surface area contributed by atoms with Crippen molar-refractivity contribution in [3.05, 3.63) is 47.3 Å². The van der Waals surface area contributed by atoms with Crippen LogP contribution in [0.5, 0.6) is 0 Å². The number of hydrogen-bond acceptors (Lipinski definition) is 3. The molecule has 0 bridgehead atoms. The van der Waals surface area contributed by atoms with Gasteiger partial charge in [-0.05, 0) is 0 Å². The maximum Gasteiger partial charge on any atom is 0.355 e. The molecule has 1 aromatic rings. The van der Waals surface area contributed by atoms with Crippen molar-refractivity contribution in [2.75, 3.05) is 0 Å². The molecular weight excluding hydrogens is 359 g/mol. The zero-order valence-electron chi connectivity index (χ0n) is 9.22. The Balaban J connectivity index is 0.000000621. The Kier molecular flexibility index (Phi) is 6.83. The van der Waals surface area contributed by atoms with E-state index in [9.17, 15) is 31.5 Å². The first-order valence-electron chi connectivity index (χ1n) is 4.38. The molecule has 0 radical (unpaired) electrons. The van der Waals surface area contributed by atoms with Gasteiger partial charge in [-0.25, -0.2) is 31.5 Å². The smallest absolute Gasteiger partial charge is 0.355 e. The van der Waals surface area contributed by atoms with Crippen LogP contribution < -0.4 is 0 Å². The van der Waals surface area contributed by atoms with Crippen LogP contribution in [0, 0.1) is 29.1 Å². The number of hydrogen-bond donors (Lipinski definition) is 1. The molecule has 0 atom stereocenters. The van der Waals surface area contributed by atoms with Gasteiger partial charge in [0.25, 0.3) is 0 Å². The molecule has 0 amide bonds. The van der Waals surface area contributed by atoms with Gasteiger partial charge < -0.3 is 8.93 Å². The normalized spacial score (nSPS) is 9.30. The first-order chi connectivity index (χ1) is 9.18. The Morgan fingerprint density at radius 3 is 1.55 bits per heavy atom. The minimum absolute atomic E-state index is 0.833. The summed E-state index contributed by atoms with van der Waals surface area (Å²) in [6.45, 7) is 2.96. The van der Waals surface area contributed by atoms with Crippen LogP contribution in [0.2, 0.25) is 0 Å². The fourth-order valence-electron chi connectivity index (χ4n) is 0.823. The summed E-state index contributed by atoms with van der Waals surface area (Å²) in [6, 6.07) is 0. The number of aliphatic carboxylic acids is 1. The molecule has 0 unspecified atom stereocenters. The molecule has 0 heterocycles. The second-order valence-corrected chi connectivity index (χ2v) is 3.18. The summed E-state index contributed by atoms with van der Waals surface area (Å²) >= 11 is 2.07. The van der Waals surface area contributed by atoms with Gasteiger partial charge in [0.15, 0.2) is 39.5 Å². The van der Waals surface area contributed by atoms with Gasteiger partial charge in [0.05, 0.1) is 0 Å². The highest BCUT2D eigenvalue weighted by molar-refractivity contribution is 9.06. The van der Waals surface area contributed by atoms with E-state index in [0.29, 0.717) is 0 Å². The average molecular weight is 363 g/mol. The lowest BCUT2D eigenvalue weighted by Gasteiger charge is -2.04. The molecule has 0 aromatic heterocycles. The summed E-state index contributed by atoms with van der Waals surface area (Å²) in [5.41, 5.74) is -1.65. The Morgan fingerprint density at radius 2 is 1.30 bits per heavy atom. The molecule has 0 fully saturated rings. The van der Waals surface area contributed by atoms with Gasteiger partial charge in [-0.1, -0.05) is 6.58 Å². The van der Waals surface area contributed by atoms with E-state index in [4.69, 9.17) is 5.11 Å². The van der Waals surface area contributed by atoms with Gasteiger partial charge in [0.2, 0.25) is 5.82 Å². The van der Waals surface area contributed by atoms with E-state index in [1.54, 1.807) is 0 Å². The Morgan fingerprint density at radius 1 is 1.00 bits per heavy atom. The van der Waals surface area contributed by atoms with Crippen LogP contribution in [0.3, 0.4) is 0 Å². The second-order valence-electron chi connectivity index (χ2n) is 2.85. The summed E-state index contributed by atoms with van der Waals surface area (Å²) < 4.78 is 66.8. The Bertz CT molecular complexity index is 532. The molecule has 0 saturated carbocycles. The van der Waals surface area contributed by atoms with Crippen LogP contribution >= 0.6 is 16.3 Å². The lowest BCUT2D eigenvalue weighted by Crippen LogP contribution is -2.12. The van der Waals surface area contributed by atoms with E-state index < -0.39 is 46.6 Å². The monoisotopic (exact) mass is 362 g/mol. The molecule has 20 heavy (non-hydrogen) atoms.